The van der Waals surface area contributed by atoms with Gasteiger partial charge < -0.3 is 9.88 Å². The largest absolute Gasteiger partial charge is 0.356 e. The van der Waals surface area contributed by atoms with Crippen molar-refractivity contribution < 1.29 is 13.2 Å². The molecule has 31 heavy (non-hydrogen) atoms. The van der Waals surface area contributed by atoms with Crippen molar-refractivity contribution in [3.63, 3.8) is 0 Å². The number of carbonyl (C=O) groups excluding carboxylic acids is 1. The second kappa shape index (κ2) is 9.84. The van der Waals surface area contributed by atoms with Crippen molar-refractivity contribution in [2.75, 3.05) is 12.3 Å². The zero-order valence-corrected chi connectivity index (χ0v) is 19.3. The van der Waals surface area contributed by atoms with Crippen LogP contribution < -0.4 is 10.5 Å². The summed E-state index contributed by atoms with van der Waals surface area (Å²) in [6.07, 6.45) is 4.78. The van der Waals surface area contributed by atoms with Gasteiger partial charge in [-0.3, -0.25) is 9.48 Å². The van der Waals surface area contributed by atoms with E-state index in [2.05, 4.69) is 15.0 Å². The summed E-state index contributed by atoms with van der Waals surface area (Å²) in [5, 5.41) is 14.2. The molecule has 2 aromatic heterocycles. The molecule has 0 fully saturated rings. The molecule has 3 rings (SSSR count). The van der Waals surface area contributed by atoms with Gasteiger partial charge in [0.2, 0.25) is 15.9 Å². The topological polar surface area (TPSA) is 112 Å². The van der Waals surface area contributed by atoms with E-state index >= 15 is 0 Å². The fourth-order valence-corrected chi connectivity index (χ4v) is 4.55. The fraction of sp³-hybridized carbons (Fsp3) is 0.429. The van der Waals surface area contributed by atoms with Crippen LogP contribution in [0.2, 0.25) is 5.02 Å². The molecule has 8 nitrogen and oxygen atoms in total. The molecule has 0 aliphatic rings. The number of hydrogen-bond donors (Lipinski definition) is 2. The van der Waals surface area contributed by atoms with Crippen molar-refractivity contribution in [2.45, 2.75) is 39.0 Å². The fourth-order valence-electron chi connectivity index (χ4n) is 3.76. The Kier molecular flexibility index (Phi) is 7.40. The summed E-state index contributed by atoms with van der Waals surface area (Å²) in [4.78, 5) is 12.1. The summed E-state index contributed by atoms with van der Waals surface area (Å²) in [7, 11) is -1.52. The summed E-state index contributed by atoms with van der Waals surface area (Å²) in [5.41, 5.74) is 3.03. The summed E-state index contributed by atoms with van der Waals surface area (Å²) < 4.78 is 25.8. The number of nitrogens with one attached hydrogen (secondary N) is 1. The number of carbonyl (C=O) groups is 1. The summed E-state index contributed by atoms with van der Waals surface area (Å²) in [5.74, 6) is 0.879. The molecule has 1 amide bonds. The van der Waals surface area contributed by atoms with Gasteiger partial charge >= 0.3 is 0 Å². The van der Waals surface area contributed by atoms with Crippen LogP contribution in [0, 0.1) is 6.92 Å². The van der Waals surface area contributed by atoms with Crippen LogP contribution in [0.5, 0.6) is 0 Å². The number of unbranched alkanes of at least 4 members (excludes halogenated alkanes) is 2. The van der Waals surface area contributed by atoms with E-state index in [-0.39, 0.29) is 11.7 Å². The van der Waals surface area contributed by atoms with Crippen molar-refractivity contribution in [1.82, 2.24) is 19.7 Å². The van der Waals surface area contributed by atoms with Crippen molar-refractivity contribution in [2.24, 2.45) is 12.2 Å². The molecular weight excluding hydrogens is 438 g/mol. The van der Waals surface area contributed by atoms with Crippen LogP contribution in [0.3, 0.4) is 0 Å². The van der Waals surface area contributed by atoms with Crippen LogP contribution in [0.4, 0.5) is 0 Å². The van der Waals surface area contributed by atoms with Gasteiger partial charge in [0.25, 0.3) is 0 Å². The first-order valence-corrected chi connectivity index (χ1v) is 12.3. The highest BCUT2D eigenvalue weighted by Gasteiger charge is 2.17. The lowest BCUT2D eigenvalue weighted by Gasteiger charge is -2.11. The Labute approximate surface area is 187 Å². The predicted octanol–water partition coefficient (Wildman–Crippen LogP) is 2.83. The minimum atomic E-state index is -3.43. The molecule has 10 heteroatoms. The van der Waals surface area contributed by atoms with Gasteiger partial charge in [0.15, 0.2) is 0 Å². The predicted molar refractivity (Wildman–Crippen MR) is 123 cm³/mol. The van der Waals surface area contributed by atoms with E-state index in [4.69, 9.17) is 16.7 Å². The number of amides is 1. The van der Waals surface area contributed by atoms with Crippen molar-refractivity contribution in [1.29, 1.82) is 0 Å². The van der Waals surface area contributed by atoms with Crippen molar-refractivity contribution in [3.05, 3.63) is 46.7 Å². The Morgan fingerprint density at radius 1 is 1.23 bits per heavy atom. The zero-order chi connectivity index (χ0) is 22.6. The van der Waals surface area contributed by atoms with E-state index in [1.807, 2.05) is 49.1 Å². The molecule has 3 N–H and O–H groups in total. The summed E-state index contributed by atoms with van der Waals surface area (Å²) in [6.45, 7) is 2.47. The lowest BCUT2D eigenvalue weighted by Crippen LogP contribution is -2.25. The molecule has 0 aliphatic carbocycles. The Morgan fingerprint density at radius 3 is 2.74 bits per heavy atom. The molecule has 0 atom stereocenters. The van der Waals surface area contributed by atoms with E-state index < -0.39 is 10.0 Å². The number of rotatable bonds is 10. The van der Waals surface area contributed by atoms with Crippen LogP contribution in [0.15, 0.2) is 30.5 Å². The normalized spacial score (nSPS) is 11.9. The number of halogens is 1. The SMILES string of the molecule is Cc1nn(C)c(-n2ccc3cc(Cl)ccc32)c1CCNC(=O)CCCCCS(N)(=O)=O. The first kappa shape index (κ1) is 23.3. The highest BCUT2D eigenvalue weighted by molar-refractivity contribution is 7.89. The molecule has 168 valence electrons. The number of aryl methyl sites for hydroxylation is 2. The molecule has 2 heterocycles. The molecule has 1 aromatic carbocycles. The van der Waals surface area contributed by atoms with Crippen LogP contribution in [0.1, 0.15) is 36.9 Å². The standard InChI is InChI=1S/C21H28ClN5O3S/c1-15-18(9-11-24-20(28)6-4-3-5-13-31(23,29)30)21(26(2)25-15)27-12-10-16-14-17(22)7-8-19(16)27/h7-8,10,12,14H,3-6,9,11,13H2,1-2H3,(H,24,28)(H2,23,29,30). The Balaban J connectivity index is 1.60. The molecule has 0 spiro atoms. The highest BCUT2D eigenvalue weighted by Crippen LogP contribution is 2.26. The van der Waals surface area contributed by atoms with E-state index in [0.717, 1.165) is 28.0 Å². The number of fused-ring (bicyclic) bond motifs is 1. The lowest BCUT2D eigenvalue weighted by molar-refractivity contribution is -0.121. The molecule has 3 aromatic rings. The second-order valence-electron chi connectivity index (χ2n) is 7.68. The molecule has 0 saturated carbocycles. The Bertz CT molecular complexity index is 1180. The number of benzene rings is 1. The second-order valence-corrected chi connectivity index (χ2v) is 9.85. The average molecular weight is 466 g/mol. The van der Waals surface area contributed by atoms with E-state index in [1.165, 1.54) is 0 Å². The molecule has 0 saturated heterocycles. The molecule has 0 aliphatic heterocycles. The quantitative estimate of drug-likeness (QED) is 0.448. The molecule has 0 radical (unpaired) electrons. The van der Waals surface area contributed by atoms with E-state index in [9.17, 15) is 13.2 Å². The van der Waals surface area contributed by atoms with Gasteiger partial charge in [0, 0.05) is 42.2 Å². The lowest BCUT2D eigenvalue weighted by atomic mass is 10.1. The zero-order valence-electron chi connectivity index (χ0n) is 17.8. The van der Waals surface area contributed by atoms with Crippen LogP contribution in [-0.4, -0.2) is 41.0 Å². The smallest absolute Gasteiger partial charge is 0.220 e. The highest BCUT2D eigenvalue weighted by atomic mass is 35.5. The minimum absolute atomic E-state index is 0.0419. The number of primary sulfonamides is 1. The van der Waals surface area contributed by atoms with Crippen LogP contribution in [0.25, 0.3) is 16.7 Å². The minimum Gasteiger partial charge on any atom is -0.356 e. The number of hydrogen-bond acceptors (Lipinski definition) is 4. The van der Waals surface area contributed by atoms with Crippen molar-refractivity contribution >= 4 is 38.4 Å². The third kappa shape index (κ3) is 6.09. The van der Waals surface area contributed by atoms with Gasteiger partial charge in [0.05, 0.1) is 17.0 Å². The van der Waals surface area contributed by atoms with Gasteiger partial charge in [-0.25, -0.2) is 13.6 Å². The Morgan fingerprint density at radius 2 is 2.00 bits per heavy atom. The third-order valence-corrected chi connectivity index (χ3v) is 6.32. The summed E-state index contributed by atoms with van der Waals surface area (Å²) in [6, 6.07) is 7.80. The molecular formula is C21H28ClN5O3S. The van der Waals surface area contributed by atoms with Gasteiger partial charge in [-0.1, -0.05) is 18.0 Å². The number of aromatic nitrogens is 3. The summed E-state index contributed by atoms with van der Waals surface area (Å²) >= 11 is 6.11. The van der Waals surface area contributed by atoms with Gasteiger partial charge in [-0.05, 0) is 50.5 Å². The molecule has 0 unspecified atom stereocenters. The number of nitrogens with two attached hydrogens (primary N) is 1. The number of nitrogens with zero attached hydrogens (tertiary/aromatic N) is 3. The Hall–Kier alpha value is -2.36. The van der Waals surface area contributed by atoms with Gasteiger partial charge in [-0.15, -0.1) is 0 Å². The van der Waals surface area contributed by atoms with Crippen LogP contribution >= 0.6 is 11.6 Å². The maximum Gasteiger partial charge on any atom is 0.220 e. The van der Waals surface area contributed by atoms with Gasteiger partial charge in [0.1, 0.15) is 5.82 Å². The van der Waals surface area contributed by atoms with Crippen LogP contribution in [-0.2, 0) is 28.3 Å². The van der Waals surface area contributed by atoms with Gasteiger partial charge in [-0.2, -0.15) is 5.10 Å². The number of sulfonamides is 1. The van der Waals surface area contributed by atoms with E-state index in [1.54, 1.807) is 0 Å². The first-order chi connectivity index (χ1) is 14.7. The van der Waals surface area contributed by atoms with E-state index in [0.29, 0.717) is 43.7 Å². The monoisotopic (exact) mass is 465 g/mol. The maximum atomic E-state index is 12.1. The maximum absolute atomic E-state index is 12.1. The first-order valence-electron chi connectivity index (χ1n) is 10.2. The average Bonchev–Trinajstić information content (AvgIpc) is 3.20. The molecule has 0 bridgehead atoms. The van der Waals surface area contributed by atoms with Crippen molar-refractivity contribution in [3.8, 4) is 5.82 Å². The third-order valence-electron chi connectivity index (χ3n) is 5.22.